The van der Waals surface area contributed by atoms with Gasteiger partial charge in [0.1, 0.15) is 0 Å². The number of aryl methyl sites for hydroxylation is 1. The molecular weight excluding hydrogens is 186 g/mol. The maximum Gasteiger partial charge on any atom is 0.0945 e. The molecule has 0 aliphatic heterocycles. The molecule has 1 saturated carbocycles. The summed E-state index contributed by atoms with van der Waals surface area (Å²) >= 11 is 0. The molecule has 0 aromatic carbocycles. The fourth-order valence-corrected chi connectivity index (χ4v) is 2.38. The first-order chi connectivity index (χ1) is 7.36. The standard InChI is InChI=1S/C12H21N3/c1-15-10-14-9-12(15)8-13-7-6-11-4-2-3-5-11/h9-11,13H,2-8H2,1H3. The predicted molar refractivity (Wildman–Crippen MR) is 61.5 cm³/mol. The summed E-state index contributed by atoms with van der Waals surface area (Å²) in [7, 11) is 2.04. The third-order valence-electron chi connectivity index (χ3n) is 3.43. The van der Waals surface area contributed by atoms with Gasteiger partial charge in [0.15, 0.2) is 0 Å². The van der Waals surface area contributed by atoms with Crippen molar-refractivity contribution < 1.29 is 0 Å². The maximum absolute atomic E-state index is 4.10. The Kier molecular flexibility index (Phi) is 3.78. The van der Waals surface area contributed by atoms with Crippen LogP contribution in [0.25, 0.3) is 0 Å². The topological polar surface area (TPSA) is 29.9 Å². The Morgan fingerprint density at radius 3 is 2.93 bits per heavy atom. The lowest BCUT2D eigenvalue weighted by molar-refractivity contribution is 0.474. The van der Waals surface area contributed by atoms with E-state index in [9.17, 15) is 0 Å². The van der Waals surface area contributed by atoms with E-state index in [0.29, 0.717) is 0 Å². The average molecular weight is 207 g/mol. The summed E-state index contributed by atoms with van der Waals surface area (Å²) < 4.78 is 2.07. The van der Waals surface area contributed by atoms with Crippen LogP contribution in [0, 0.1) is 5.92 Å². The second-order valence-electron chi connectivity index (χ2n) is 4.61. The van der Waals surface area contributed by atoms with Crippen LogP contribution in [0.1, 0.15) is 37.8 Å². The molecular formula is C12H21N3. The van der Waals surface area contributed by atoms with Crippen LogP contribution in [0.3, 0.4) is 0 Å². The molecule has 0 atom stereocenters. The molecule has 1 fully saturated rings. The Labute approximate surface area is 91.9 Å². The van der Waals surface area contributed by atoms with Crippen LogP contribution in [-0.4, -0.2) is 16.1 Å². The molecule has 3 nitrogen and oxygen atoms in total. The molecule has 0 amide bonds. The predicted octanol–water partition coefficient (Wildman–Crippen LogP) is 2.09. The van der Waals surface area contributed by atoms with E-state index < -0.39 is 0 Å². The summed E-state index contributed by atoms with van der Waals surface area (Å²) in [6, 6.07) is 0. The highest BCUT2D eigenvalue weighted by Crippen LogP contribution is 2.26. The fraction of sp³-hybridized carbons (Fsp3) is 0.750. The van der Waals surface area contributed by atoms with E-state index in [-0.39, 0.29) is 0 Å². The smallest absolute Gasteiger partial charge is 0.0945 e. The highest BCUT2D eigenvalue weighted by molar-refractivity contribution is 4.96. The van der Waals surface area contributed by atoms with E-state index in [1.54, 1.807) is 0 Å². The Balaban J connectivity index is 1.60. The fourth-order valence-electron chi connectivity index (χ4n) is 2.38. The zero-order chi connectivity index (χ0) is 10.5. The van der Waals surface area contributed by atoms with Gasteiger partial charge < -0.3 is 9.88 Å². The number of rotatable bonds is 5. The lowest BCUT2D eigenvalue weighted by atomic mass is 10.0. The van der Waals surface area contributed by atoms with E-state index in [1.165, 1.54) is 37.8 Å². The number of hydrogen-bond acceptors (Lipinski definition) is 2. The van der Waals surface area contributed by atoms with Crippen molar-refractivity contribution in [3.8, 4) is 0 Å². The first-order valence-electron chi connectivity index (χ1n) is 6.02. The first-order valence-corrected chi connectivity index (χ1v) is 6.02. The molecule has 0 unspecified atom stereocenters. The Bertz CT molecular complexity index is 287. The largest absolute Gasteiger partial charge is 0.337 e. The summed E-state index contributed by atoms with van der Waals surface area (Å²) in [5, 5.41) is 3.49. The summed E-state index contributed by atoms with van der Waals surface area (Å²) in [5.74, 6) is 0.990. The number of imidazole rings is 1. The quantitative estimate of drug-likeness (QED) is 0.749. The molecule has 1 aliphatic rings. The molecule has 0 saturated heterocycles. The van der Waals surface area contributed by atoms with Gasteiger partial charge in [-0.3, -0.25) is 0 Å². The van der Waals surface area contributed by atoms with Gasteiger partial charge in [0, 0.05) is 19.8 Å². The second-order valence-corrected chi connectivity index (χ2v) is 4.61. The molecule has 2 rings (SSSR count). The normalized spacial score (nSPS) is 17.4. The van der Waals surface area contributed by atoms with Gasteiger partial charge in [0.25, 0.3) is 0 Å². The molecule has 15 heavy (non-hydrogen) atoms. The number of hydrogen-bond donors (Lipinski definition) is 1. The zero-order valence-electron chi connectivity index (χ0n) is 9.58. The Morgan fingerprint density at radius 2 is 2.27 bits per heavy atom. The first kappa shape index (κ1) is 10.7. The summed E-state index contributed by atoms with van der Waals surface area (Å²) in [5.41, 5.74) is 1.27. The van der Waals surface area contributed by atoms with Crippen LogP contribution >= 0.6 is 0 Å². The van der Waals surface area contributed by atoms with Crippen molar-refractivity contribution in [1.29, 1.82) is 0 Å². The minimum atomic E-state index is 0.948. The average Bonchev–Trinajstić information content (AvgIpc) is 2.85. The van der Waals surface area contributed by atoms with Gasteiger partial charge in [-0.2, -0.15) is 0 Å². The van der Waals surface area contributed by atoms with Crippen molar-refractivity contribution in [2.45, 2.75) is 38.6 Å². The van der Waals surface area contributed by atoms with Gasteiger partial charge in [-0.25, -0.2) is 4.98 Å². The highest BCUT2D eigenvalue weighted by atomic mass is 15.0. The summed E-state index contributed by atoms with van der Waals surface area (Å²) in [6.45, 7) is 2.10. The number of nitrogens with one attached hydrogen (secondary N) is 1. The van der Waals surface area contributed by atoms with E-state index in [2.05, 4.69) is 14.9 Å². The highest BCUT2D eigenvalue weighted by Gasteiger charge is 2.13. The van der Waals surface area contributed by atoms with E-state index >= 15 is 0 Å². The van der Waals surface area contributed by atoms with Gasteiger partial charge in [0.2, 0.25) is 0 Å². The Morgan fingerprint density at radius 1 is 1.47 bits per heavy atom. The molecule has 1 aromatic rings. The van der Waals surface area contributed by atoms with E-state index in [1.807, 2.05) is 19.6 Å². The van der Waals surface area contributed by atoms with Crippen molar-refractivity contribution in [2.24, 2.45) is 13.0 Å². The molecule has 84 valence electrons. The Hall–Kier alpha value is -0.830. The molecule has 0 bridgehead atoms. The van der Waals surface area contributed by atoms with Crippen LogP contribution in [-0.2, 0) is 13.6 Å². The minimum Gasteiger partial charge on any atom is -0.337 e. The molecule has 1 N–H and O–H groups in total. The monoisotopic (exact) mass is 207 g/mol. The van der Waals surface area contributed by atoms with Gasteiger partial charge >= 0.3 is 0 Å². The molecule has 1 aliphatic carbocycles. The lowest BCUT2D eigenvalue weighted by Crippen LogP contribution is -2.18. The minimum absolute atomic E-state index is 0.948. The van der Waals surface area contributed by atoms with E-state index in [4.69, 9.17) is 0 Å². The van der Waals surface area contributed by atoms with Crippen LogP contribution in [0.5, 0.6) is 0 Å². The van der Waals surface area contributed by atoms with Crippen LogP contribution in [0.4, 0.5) is 0 Å². The SMILES string of the molecule is Cn1cncc1CNCCC1CCCC1. The van der Waals surface area contributed by atoms with Crippen molar-refractivity contribution in [3.05, 3.63) is 18.2 Å². The van der Waals surface area contributed by atoms with Gasteiger partial charge in [-0.05, 0) is 18.9 Å². The lowest BCUT2D eigenvalue weighted by Gasteiger charge is -2.09. The van der Waals surface area contributed by atoms with Crippen molar-refractivity contribution in [1.82, 2.24) is 14.9 Å². The molecule has 0 spiro atoms. The zero-order valence-corrected chi connectivity index (χ0v) is 9.58. The van der Waals surface area contributed by atoms with Crippen molar-refractivity contribution in [3.63, 3.8) is 0 Å². The second kappa shape index (κ2) is 5.31. The van der Waals surface area contributed by atoms with Gasteiger partial charge in [-0.1, -0.05) is 25.7 Å². The summed E-state index contributed by atoms with van der Waals surface area (Å²) in [4.78, 5) is 4.10. The number of nitrogens with zero attached hydrogens (tertiary/aromatic N) is 2. The van der Waals surface area contributed by atoms with Gasteiger partial charge in [-0.15, -0.1) is 0 Å². The summed E-state index contributed by atoms with van der Waals surface area (Å²) in [6.07, 6.45) is 10.9. The molecule has 0 radical (unpaired) electrons. The van der Waals surface area contributed by atoms with Gasteiger partial charge in [0.05, 0.1) is 12.0 Å². The molecule has 1 heterocycles. The maximum atomic E-state index is 4.10. The van der Waals surface area contributed by atoms with Crippen LogP contribution in [0.2, 0.25) is 0 Å². The van der Waals surface area contributed by atoms with Crippen LogP contribution in [0.15, 0.2) is 12.5 Å². The van der Waals surface area contributed by atoms with Crippen LogP contribution < -0.4 is 5.32 Å². The van der Waals surface area contributed by atoms with Crippen molar-refractivity contribution >= 4 is 0 Å². The number of aromatic nitrogens is 2. The molecule has 1 aromatic heterocycles. The van der Waals surface area contributed by atoms with Crippen molar-refractivity contribution in [2.75, 3.05) is 6.54 Å². The van der Waals surface area contributed by atoms with E-state index in [0.717, 1.165) is 19.0 Å². The third-order valence-corrected chi connectivity index (χ3v) is 3.43. The third kappa shape index (κ3) is 3.06. The molecule has 3 heteroatoms.